The van der Waals surface area contributed by atoms with Crippen molar-refractivity contribution in [2.75, 3.05) is 18.0 Å². The Morgan fingerprint density at radius 1 is 1.65 bits per heavy atom. The van der Waals surface area contributed by atoms with Crippen LogP contribution in [-0.4, -0.2) is 23.9 Å². The topological polar surface area (TPSA) is 57.0 Å². The van der Waals surface area contributed by atoms with E-state index >= 15 is 0 Å². The van der Waals surface area contributed by atoms with Crippen molar-refractivity contribution >= 4 is 11.6 Å². The van der Waals surface area contributed by atoms with Crippen LogP contribution < -0.4 is 4.90 Å². The van der Waals surface area contributed by atoms with E-state index < -0.39 is 0 Å². The third-order valence-corrected chi connectivity index (χ3v) is 2.56. The maximum absolute atomic E-state index is 11.5. The molecule has 0 aromatic carbocycles. The minimum Gasteiger partial charge on any atom is -0.355 e. The molecule has 0 spiro atoms. The van der Waals surface area contributed by atoms with E-state index in [0.29, 0.717) is 17.9 Å². The van der Waals surface area contributed by atoms with Gasteiger partial charge in [-0.15, -0.1) is 0 Å². The molecule has 17 heavy (non-hydrogen) atoms. The van der Waals surface area contributed by atoms with Crippen LogP contribution in [0.15, 0.2) is 18.3 Å². The van der Waals surface area contributed by atoms with Gasteiger partial charge in [0, 0.05) is 19.3 Å². The number of ketones is 1. The average Bonchev–Trinajstić information content (AvgIpc) is 2.35. The van der Waals surface area contributed by atoms with E-state index in [9.17, 15) is 4.79 Å². The molecule has 1 heterocycles. The summed E-state index contributed by atoms with van der Waals surface area (Å²) in [7, 11) is 0. The molecular weight excluding hydrogens is 214 g/mol. The highest BCUT2D eigenvalue weighted by atomic mass is 16.1. The van der Waals surface area contributed by atoms with E-state index in [0.717, 1.165) is 6.54 Å². The van der Waals surface area contributed by atoms with Crippen LogP contribution in [-0.2, 0) is 0 Å². The predicted molar refractivity (Wildman–Crippen MR) is 66.9 cm³/mol. The molecule has 4 nitrogen and oxygen atoms in total. The first-order valence-corrected chi connectivity index (χ1v) is 5.70. The minimum atomic E-state index is -0.0863. The Labute approximate surface area is 102 Å². The summed E-state index contributed by atoms with van der Waals surface area (Å²) in [6.07, 6.45) is 1.67. The first-order valence-electron chi connectivity index (χ1n) is 5.70. The van der Waals surface area contributed by atoms with Gasteiger partial charge in [0.05, 0.1) is 17.6 Å². The van der Waals surface area contributed by atoms with Crippen molar-refractivity contribution in [3.05, 3.63) is 23.9 Å². The van der Waals surface area contributed by atoms with Crippen molar-refractivity contribution in [1.82, 2.24) is 4.98 Å². The second-order valence-corrected chi connectivity index (χ2v) is 4.00. The van der Waals surface area contributed by atoms with Crippen LogP contribution in [0.4, 0.5) is 5.82 Å². The Balaban J connectivity index is 3.04. The number of Topliss-reactive ketones (excluding diaryl/α,β-unsaturated/α-hetero) is 1. The molecule has 4 heteroatoms. The molecular formula is C13H17N3O. The summed E-state index contributed by atoms with van der Waals surface area (Å²) in [5.74, 6) is 0.581. The van der Waals surface area contributed by atoms with Gasteiger partial charge in [-0.25, -0.2) is 4.98 Å². The Kier molecular flexibility index (Phi) is 4.65. The van der Waals surface area contributed by atoms with Gasteiger partial charge in [-0.3, -0.25) is 4.79 Å². The number of aromatic nitrogens is 1. The molecule has 0 aliphatic heterocycles. The van der Waals surface area contributed by atoms with Crippen molar-refractivity contribution in [1.29, 1.82) is 5.26 Å². The first-order chi connectivity index (χ1) is 8.10. The molecule has 1 aromatic rings. The van der Waals surface area contributed by atoms with E-state index in [-0.39, 0.29) is 11.7 Å². The second kappa shape index (κ2) is 6.00. The van der Waals surface area contributed by atoms with Crippen LogP contribution in [0.1, 0.15) is 31.1 Å². The van der Waals surface area contributed by atoms with E-state index in [1.165, 1.54) is 6.92 Å². The summed E-state index contributed by atoms with van der Waals surface area (Å²) in [6.45, 7) is 6.69. The summed E-state index contributed by atoms with van der Waals surface area (Å²) >= 11 is 0. The lowest BCUT2D eigenvalue weighted by molar-refractivity contribution is 0.101. The van der Waals surface area contributed by atoms with Gasteiger partial charge >= 0.3 is 0 Å². The number of anilines is 1. The van der Waals surface area contributed by atoms with E-state index in [2.05, 4.69) is 11.1 Å². The average molecular weight is 231 g/mol. The molecule has 1 rings (SSSR count). The maximum atomic E-state index is 11.5. The van der Waals surface area contributed by atoms with Crippen molar-refractivity contribution in [3.63, 3.8) is 0 Å². The Morgan fingerprint density at radius 3 is 2.88 bits per heavy atom. The van der Waals surface area contributed by atoms with Crippen LogP contribution in [0, 0.1) is 17.2 Å². The number of nitriles is 1. The van der Waals surface area contributed by atoms with Crippen LogP contribution in [0.2, 0.25) is 0 Å². The molecule has 90 valence electrons. The Bertz CT molecular complexity index is 437. The molecule has 0 saturated heterocycles. The molecule has 0 amide bonds. The molecule has 1 atom stereocenters. The molecule has 0 fully saturated rings. The van der Waals surface area contributed by atoms with Gasteiger partial charge in [-0.1, -0.05) is 0 Å². The van der Waals surface area contributed by atoms with Crippen molar-refractivity contribution in [3.8, 4) is 6.07 Å². The summed E-state index contributed by atoms with van der Waals surface area (Å²) in [5.41, 5.74) is 0.611. The summed E-state index contributed by atoms with van der Waals surface area (Å²) in [6, 6.07) is 5.71. The van der Waals surface area contributed by atoms with Crippen LogP contribution >= 0.6 is 0 Å². The fourth-order valence-electron chi connectivity index (χ4n) is 1.66. The highest BCUT2D eigenvalue weighted by molar-refractivity contribution is 5.98. The monoisotopic (exact) mass is 231 g/mol. The third-order valence-electron chi connectivity index (χ3n) is 2.56. The minimum absolute atomic E-state index is 0.00355. The molecule has 1 aromatic heterocycles. The van der Waals surface area contributed by atoms with Crippen LogP contribution in [0.25, 0.3) is 0 Å². The Morgan fingerprint density at radius 2 is 2.35 bits per heavy atom. The van der Waals surface area contributed by atoms with Gasteiger partial charge in [0.15, 0.2) is 5.78 Å². The summed E-state index contributed by atoms with van der Waals surface area (Å²) in [4.78, 5) is 17.7. The normalized spacial score (nSPS) is 11.6. The number of nitrogens with zero attached hydrogens (tertiary/aromatic N) is 3. The van der Waals surface area contributed by atoms with Crippen molar-refractivity contribution < 1.29 is 4.79 Å². The number of pyridine rings is 1. The van der Waals surface area contributed by atoms with E-state index in [1.54, 1.807) is 18.3 Å². The van der Waals surface area contributed by atoms with Crippen molar-refractivity contribution in [2.24, 2.45) is 5.92 Å². The number of hydrogen-bond acceptors (Lipinski definition) is 4. The Hall–Kier alpha value is -1.89. The van der Waals surface area contributed by atoms with Crippen LogP contribution in [0.5, 0.6) is 0 Å². The molecule has 0 N–H and O–H groups in total. The van der Waals surface area contributed by atoms with Gasteiger partial charge in [0.2, 0.25) is 0 Å². The second-order valence-electron chi connectivity index (χ2n) is 4.00. The van der Waals surface area contributed by atoms with Gasteiger partial charge in [-0.2, -0.15) is 5.26 Å². The van der Waals surface area contributed by atoms with Crippen LogP contribution in [0.3, 0.4) is 0 Å². The first kappa shape index (κ1) is 13.2. The molecule has 0 aliphatic carbocycles. The standard InChI is InChI=1S/C13H17N3O/c1-4-16(9-10(2)8-14)13-12(11(3)17)6-5-7-15-13/h5-7,10H,4,9H2,1-3H3. The summed E-state index contributed by atoms with van der Waals surface area (Å²) < 4.78 is 0. The van der Waals surface area contributed by atoms with Gasteiger partial charge in [0.1, 0.15) is 5.82 Å². The lowest BCUT2D eigenvalue weighted by Gasteiger charge is -2.24. The smallest absolute Gasteiger partial charge is 0.163 e. The molecule has 1 unspecified atom stereocenters. The lowest BCUT2D eigenvalue weighted by Crippen LogP contribution is -2.30. The van der Waals surface area contributed by atoms with E-state index in [1.807, 2.05) is 18.7 Å². The van der Waals surface area contributed by atoms with Gasteiger partial charge < -0.3 is 4.90 Å². The number of hydrogen-bond donors (Lipinski definition) is 0. The largest absolute Gasteiger partial charge is 0.355 e. The number of carbonyl (C=O) groups is 1. The molecule has 0 radical (unpaired) electrons. The van der Waals surface area contributed by atoms with Gasteiger partial charge in [0.25, 0.3) is 0 Å². The zero-order valence-electron chi connectivity index (χ0n) is 10.5. The predicted octanol–water partition coefficient (Wildman–Crippen LogP) is 2.27. The SMILES string of the molecule is CCN(CC(C)C#N)c1ncccc1C(C)=O. The number of rotatable bonds is 5. The zero-order valence-corrected chi connectivity index (χ0v) is 10.5. The third kappa shape index (κ3) is 3.28. The van der Waals surface area contributed by atoms with Gasteiger partial charge in [-0.05, 0) is 32.9 Å². The fraction of sp³-hybridized carbons (Fsp3) is 0.462. The zero-order chi connectivity index (χ0) is 12.8. The molecule has 0 bridgehead atoms. The highest BCUT2D eigenvalue weighted by Gasteiger charge is 2.15. The molecule has 0 aliphatic rings. The van der Waals surface area contributed by atoms with E-state index in [4.69, 9.17) is 5.26 Å². The van der Waals surface area contributed by atoms with Crippen molar-refractivity contribution in [2.45, 2.75) is 20.8 Å². The quantitative estimate of drug-likeness (QED) is 0.729. The lowest BCUT2D eigenvalue weighted by atomic mass is 10.1. The highest BCUT2D eigenvalue weighted by Crippen LogP contribution is 2.18. The molecule has 0 saturated carbocycles. The summed E-state index contributed by atoms with van der Waals surface area (Å²) in [5, 5.41) is 8.84. The fourth-order valence-corrected chi connectivity index (χ4v) is 1.66. The number of carbonyl (C=O) groups excluding carboxylic acids is 1. The maximum Gasteiger partial charge on any atom is 0.163 e.